The van der Waals surface area contributed by atoms with E-state index in [1.54, 1.807) is 0 Å². The summed E-state index contributed by atoms with van der Waals surface area (Å²) in [7, 11) is 0. The van der Waals surface area contributed by atoms with Crippen LogP contribution in [0.2, 0.25) is 0 Å². The Labute approximate surface area is 145 Å². The Morgan fingerprint density at radius 1 is 1.04 bits per heavy atom. The van der Waals surface area contributed by atoms with Crippen LogP contribution in [0.15, 0.2) is 60.0 Å². The van der Waals surface area contributed by atoms with E-state index in [1.807, 2.05) is 73.8 Å². The topological polar surface area (TPSA) is 38.3 Å². The minimum Gasteiger partial charge on any atom is -0.489 e. The fourth-order valence-corrected chi connectivity index (χ4v) is 3.15. The van der Waals surface area contributed by atoms with Gasteiger partial charge in [0, 0.05) is 11.3 Å². The van der Waals surface area contributed by atoms with Crippen LogP contribution in [0.1, 0.15) is 26.4 Å². The first-order valence-corrected chi connectivity index (χ1v) is 8.63. The summed E-state index contributed by atoms with van der Waals surface area (Å²) in [5.74, 6) is 0.749. The fourth-order valence-electron chi connectivity index (χ4n) is 2.36. The highest BCUT2D eigenvalue weighted by molar-refractivity contribution is 7.12. The number of anilines is 1. The molecule has 0 aliphatic carbocycles. The quantitative estimate of drug-likeness (QED) is 0.695. The number of carbonyl (C=O) groups is 1. The highest BCUT2D eigenvalue weighted by atomic mass is 32.1. The summed E-state index contributed by atoms with van der Waals surface area (Å²) in [5, 5.41) is 4.88. The maximum Gasteiger partial charge on any atom is 0.265 e. The molecular formula is C20H19NO2S. The van der Waals surface area contributed by atoms with E-state index in [4.69, 9.17) is 4.74 Å². The van der Waals surface area contributed by atoms with Gasteiger partial charge in [-0.25, -0.2) is 0 Å². The lowest BCUT2D eigenvalue weighted by molar-refractivity contribution is 0.103. The molecule has 3 nitrogen and oxygen atoms in total. The molecule has 0 radical (unpaired) electrons. The van der Waals surface area contributed by atoms with E-state index in [0.29, 0.717) is 11.5 Å². The molecule has 0 aliphatic heterocycles. The van der Waals surface area contributed by atoms with Gasteiger partial charge in [-0.1, -0.05) is 24.3 Å². The first-order chi connectivity index (χ1) is 11.6. The van der Waals surface area contributed by atoms with Crippen LogP contribution in [0.3, 0.4) is 0 Å². The van der Waals surface area contributed by atoms with E-state index in [-0.39, 0.29) is 5.91 Å². The van der Waals surface area contributed by atoms with E-state index in [9.17, 15) is 4.79 Å². The normalized spacial score (nSPS) is 10.4. The van der Waals surface area contributed by atoms with E-state index in [0.717, 1.165) is 28.1 Å². The Hall–Kier alpha value is -2.59. The van der Waals surface area contributed by atoms with Gasteiger partial charge >= 0.3 is 0 Å². The number of nitrogens with one attached hydrogen (secondary N) is 1. The third kappa shape index (κ3) is 4.24. The molecule has 0 unspecified atom stereocenters. The Bertz CT molecular complexity index is 854. The van der Waals surface area contributed by atoms with Crippen LogP contribution in [0.5, 0.6) is 5.75 Å². The van der Waals surface area contributed by atoms with Crippen molar-refractivity contribution >= 4 is 22.9 Å². The fraction of sp³-hybridized carbons (Fsp3) is 0.150. The number of carbonyl (C=O) groups excluding carboxylic acids is 1. The van der Waals surface area contributed by atoms with Crippen LogP contribution in [-0.2, 0) is 6.61 Å². The van der Waals surface area contributed by atoms with Crippen LogP contribution in [0, 0.1) is 13.8 Å². The van der Waals surface area contributed by atoms with Crippen molar-refractivity contribution in [3.63, 3.8) is 0 Å². The summed E-state index contributed by atoms with van der Waals surface area (Å²) >= 11 is 1.43. The molecule has 1 N–H and O–H groups in total. The molecule has 3 aromatic rings. The number of aryl methyl sites for hydroxylation is 2. The summed E-state index contributed by atoms with van der Waals surface area (Å²) in [6.45, 7) is 4.49. The smallest absolute Gasteiger partial charge is 0.265 e. The zero-order valence-electron chi connectivity index (χ0n) is 13.7. The number of hydrogen-bond acceptors (Lipinski definition) is 3. The first-order valence-electron chi connectivity index (χ1n) is 7.75. The summed E-state index contributed by atoms with van der Waals surface area (Å²) in [5.41, 5.74) is 4.09. The van der Waals surface area contributed by atoms with Gasteiger partial charge < -0.3 is 10.1 Å². The second-order valence-corrected chi connectivity index (χ2v) is 6.66. The summed E-state index contributed by atoms with van der Waals surface area (Å²) in [6, 6.07) is 17.6. The predicted octanol–water partition coefficient (Wildman–Crippen LogP) is 5.20. The number of amides is 1. The van der Waals surface area contributed by atoms with Gasteiger partial charge in [0.25, 0.3) is 5.91 Å². The molecule has 122 valence electrons. The third-order valence-electron chi connectivity index (χ3n) is 3.55. The van der Waals surface area contributed by atoms with Crippen molar-refractivity contribution in [3.8, 4) is 5.75 Å². The monoisotopic (exact) mass is 337 g/mol. The molecule has 1 amide bonds. The number of rotatable bonds is 5. The van der Waals surface area contributed by atoms with Crippen LogP contribution in [0.4, 0.5) is 5.69 Å². The maximum atomic E-state index is 12.3. The Morgan fingerprint density at radius 3 is 2.54 bits per heavy atom. The van der Waals surface area contributed by atoms with Crippen molar-refractivity contribution in [2.45, 2.75) is 20.5 Å². The maximum absolute atomic E-state index is 12.3. The first kappa shape index (κ1) is 16.3. The minimum absolute atomic E-state index is 0.0904. The largest absolute Gasteiger partial charge is 0.489 e. The molecule has 0 atom stereocenters. The van der Waals surface area contributed by atoms with Crippen molar-refractivity contribution in [2.75, 3.05) is 5.32 Å². The third-order valence-corrected chi connectivity index (χ3v) is 4.53. The lowest BCUT2D eigenvalue weighted by atomic mass is 10.2. The van der Waals surface area contributed by atoms with Gasteiger partial charge in [-0.15, -0.1) is 11.3 Å². The molecule has 0 saturated carbocycles. The lowest BCUT2D eigenvalue weighted by Gasteiger charge is -2.05. The van der Waals surface area contributed by atoms with Gasteiger partial charge in [0.2, 0.25) is 0 Å². The molecule has 0 bridgehead atoms. The molecule has 0 spiro atoms. The van der Waals surface area contributed by atoms with Crippen LogP contribution < -0.4 is 10.1 Å². The second kappa shape index (κ2) is 7.32. The number of thiophene rings is 1. The molecule has 0 aliphatic rings. The Kier molecular flexibility index (Phi) is 4.96. The van der Waals surface area contributed by atoms with Crippen molar-refractivity contribution < 1.29 is 9.53 Å². The van der Waals surface area contributed by atoms with E-state index >= 15 is 0 Å². The van der Waals surface area contributed by atoms with Crippen molar-refractivity contribution in [2.24, 2.45) is 0 Å². The highest BCUT2D eigenvalue weighted by Gasteiger charge is 2.10. The molecule has 3 rings (SSSR count). The van der Waals surface area contributed by atoms with Gasteiger partial charge in [-0.2, -0.15) is 0 Å². The summed E-state index contributed by atoms with van der Waals surface area (Å²) < 4.78 is 5.77. The van der Waals surface area contributed by atoms with E-state index in [2.05, 4.69) is 5.32 Å². The number of benzene rings is 2. The van der Waals surface area contributed by atoms with Crippen molar-refractivity contribution in [1.82, 2.24) is 0 Å². The van der Waals surface area contributed by atoms with Crippen LogP contribution >= 0.6 is 11.3 Å². The number of ether oxygens (including phenoxy) is 1. The van der Waals surface area contributed by atoms with E-state index in [1.165, 1.54) is 11.3 Å². The van der Waals surface area contributed by atoms with Gasteiger partial charge in [-0.05, 0) is 60.7 Å². The summed E-state index contributed by atoms with van der Waals surface area (Å²) in [4.78, 5) is 13.0. The van der Waals surface area contributed by atoms with Gasteiger partial charge in [0.15, 0.2) is 0 Å². The molecule has 4 heteroatoms. The van der Waals surface area contributed by atoms with Crippen LogP contribution in [-0.4, -0.2) is 5.91 Å². The molecule has 2 aromatic carbocycles. The Morgan fingerprint density at radius 2 is 1.79 bits per heavy atom. The molecular weight excluding hydrogens is 318 g/mol. The lowest BCUT2D eigenvalue weighted by Crippen LogP contribution is -2.10. The molecule has 0 fully saturated rings. The van der Waals surface area contributed by atoms with Crippen molar-refractivity contribution in [3.05, 3.63) is 81.5 Å². The van der Waals surface area contributed by atoms with Crippen LogP contribution in [0.25, 0.3) is 0 Å². The number of hydrogen-bond donors (Lipinski definition) is 1. The zero-order valence-corrected chi connectivity index (χ0v) is 14.5. The Balaban J connectivity index is 1.61. The standard InChI is InChI=1S/C20H19NO2S/c1-14-5-3-7-17(9-14)21-20(22)19-11-16(13-24-19)12-23-18-8-4-6-15(2)10-18/h3-11,13H,12H2,1-2H3,(H,21,22). The molecule has 1 aromatic heterocycles. The average molecular weight is 337 g/mol. The van der Waals surface area contributed by atoms with Gasteiger partial charge in [0.05, 0.1) is 4.88 Å². The second-order valence-electron chi connectivity index (χ2n) is 5.75. The SMILES string of the molecule is Cc1cccc(NC(=O)c2cc(COc3cccc(C)c3)cs2)c1. The predicted molar refractivity (Wildman–Crippen MR) is 99.0 cm³/mol. The molecule has 1 heterocycles. The van der Waals surface area contributed by atoms with E-state index < -0.39 is 0 Å². The van der Waals surface area contributed by atoms with Crippen molar-refractivity contribution in [1.29, 1.82) is 0 Å². The zero-order chi connectivity index (χ0) is 16.9. The highest BCUT2D eigenvalue weighted by Crippen LogP contribution is 2.20. The van der Waals surface area contributed by atoms with Gasteiger partial charge in [0.1, 0.15) is 12.4 Å². The minimum atomic E-state index is -0.0904. The average Bonchev–Trinajstić information content (AvgIpc) is 3.02. The summed E-state index contributed by atoms with van der Waals surface area (Å²) in [6.07, 6.45) is 0. The molecule has 24 heavy (non-hydrogen) atoms. The van der Waals surface area contributed by atoms with Gasteiger partial charge in [-0.3, -0.25) is 4.79 Å². The molecule has 0 saturated heterocycles.